The molecule has 0 amide bonds. The molecule has 3 rings (SSSR count). The highest BCUT2D eigenvalue weighted by Gasteiger charge is 2.11. The van der Waals surface area contributed by atoms with Gasteiger partial charge in [0.15, 0.2) is 11.5 Å². The van der Waals surface area contributed by atoms with Gasteiger partial charge in [-0.3, -0.25) is 0 Å². The Kier molecular flexibility index (Phi) is 8.25. The molecule has 2 aromatic rings. The number of hydrogen-bond donors (Lipinski definition) is 2. The van der Waals surface area contributed by atoms with E-state index in [2.05, 4.69) is 0 Å². The van der Waals surface area contributed by atoms with Gasteiger partial charge in [-0.25, -0.2) is 0 Å². The zero-order chi connectivity index (χ0) is 20.3. The van der Waals surface area contributed by atoms with Crippen molar-refractivity contribution >= 4 is 11.8 Å². The van der Waals surface area contributed by atoms with Crippen molar-refractivity contribution in [2.45, 2.75) is 38.5 Å². The second-order valence-corrected chi connectivity index (χ2v) is 7.22. The fourth-order valence-electron chi connectivity index (χ4n) is 3.27. The lowest BCUT2D eigenvalue weighted by molar-refractivity contribution is 0.171. The SMILES string of the molecule is N/C(=C\c1ccc2c(c1)OCCO2)c1ccc(OCCCCCCCCO)cc1. The van der Waals surface area contributed by atoms with Gasteiger partial charge in [0.2, 0.25) is 0 Å². The minimum Gasteiger partial charge on any atom is -0.494 e. The van der Waals surface area contributed by atoms with Crippen molar-refractivity contribution in [2.75, 3.05) is 26.4 Å². The van der Waals surface area contributed by atoms with E-state index in [4.69, 9.17) is 25.1 Å². The summed E-state index contributed by atoms with van der Waals surface area (Å²) in [7, 11) is 0. The van der Waals surface area contributed by atoms with Crippen LogP contribution in [0.3, 0.4) is 0 Å². The molecule has 29 heavy (non-hydrogen) atoms. The number of ether oxygens (including phenoxy) is 3. The van der Waals surface area contributed by atoms with Gasteiger partial charge >= 0.3 is 0 Å². The zero-order valence-electron chi connectivity index (χ0n) is 16.9. The second-order valence-electron chi connectivity index (χ2n) is 7.22. The number of hydrogen-bond acceptors (Lipinski definition) is 5. The van der Waals surface area contributed by atoms with Crippen LogP contribution in [0.25, 0.3) is 11.8 Å². The molecule has 1 heterocycles. The first-order chi connectivity index (χ1) is 14.3. The van der Waals surface area contributed by atoms with E-state index in [1.165, 1.54) is 12.8 Å². The highest BCUT2D eigenvalue weighted by Crippen LogP contribution is 2.31. The van der Waals surface area contributed by atoms with Gasteiger partial charge in [-0.2, -0.15) is 0 Å². The highest BCUT2D eigenvalue weighted by molar-refractivity contribution is 5.80. The van der Waals surface area contributed by atoms with Crippen molar-refractivity contribution in [1.82, 2.24) is 0 Å². The average Bonchev–Trinajstić information content (AvgIpc) is 2.76. The Hall–Kier alpha value is -2.66. The van der Waals surface area contributed by atoms with Crippen LogP contribution in [0.1, 0.15) is 49.7 Å². The smallest absolute Gasteiger partial charge is 0.161 e. The molecule has 0 fully saturated rings. The molecule has 1 aliphatic heterocycles. The fraction of sp³-hybridized carbons (Fsp3) is 0.417. The second kappa shape index (κ2) is 11.4. The number of fused-ring (bicyclic) bond motifs is 1. The molecule has 3 N–H and O–H groups in total. The van der Waals surface area contributed by atoms with Crippen molar-refractivity contribution < 1.29 is 19.3 Å². The summed E-state index contributed by atoms with van der Waals surface area (Å²) in [5, 5.41) is 8.76. The van der Waals surface area contributed by atoms with Gasteiger partial charge in [0.1, 0.15) is 19.0 Å². The van der Waals surface area contributed by atoms with E-state index in [-0.39, 0.29) is 0 Å². The van der Waals surface area contributed by atoms with E-state index < -0.39 is 0 Å². The fourth-order valence-corrected chi connectivity index (χ4v) is 3.27. The number of benzene rings is 2. The molecule has 5 nitrogen and oxygen atoms in total. The van der Waals surface area contributed by atoms with Crippen molar-refractivity contribution in [3.63, 3.8) is 0 Å². The molecule has 0 atom stereocenters. The van der Waals surface area contributed by atoms with E-state index in [1.807, 2.05) is 48.5 Å². The van der Waals surface area contributed by atoms with E-state index in [0.29, 0.717) is 25.5 Å². The van der Waals surface area contributed by atoms with Gasteiger partial charge < -0.3 is 25.1 Å². The molecule has 5 heteroatoms. The third-order valence-electron chi connectivity index (χ3n) is 4.90. The summed E-state index contributed by atoms with van der Waals surface area (Å²) in [5.74, 6) is 2.40. The summed E-state index contributed by atoms with van der Waals surface area (Å²) in [6, 6.07) is 13.7. The Labute approximate surface area is 173 Å². The molecule has 0 bridgehead atoms. The van der Waals surface area contributed by atoms with Gasteiger partial charge in [-0.1, -0.05) is 31.7 Å². The summed E-state index contributed by atoms with van der Waals surface area (Å²) >= 11 is 0. The first-order valence-corrected chi connectivity index (χ1v) is 10.5. The largest absolute Gasteiger partial charge is 0.494 e. The lowest BCUT2D eigenvalue weighted by Gasteiger charge is -2.18. The maximum atomic E-state index is 8.76. The van der Waals surface area contributed by atoms with Crippen LogP contribution in [0.2, 0.25) is 0 Å². The normalized spacial score (nSPS) is 13.3. The minimum atomic E-state index is 0.301. The van der Waals surface area contributed by atoms with Gasteiger partial charge in [0, 0.05) is 12.3 Å². The summed E-state index contributed by atoms with van der Waals surface area (Å²) < 4.78 is 17.0. The van der Waals surface area contributed by atoms with Crippen LogP contribution in [0.4, 0.5) is 0 Å². The topological polar surface area (TPSA) is 73.9 Å². The zero-order valence-corrected chi connectivity index (χ0v) is 16.9. The molecule has 0 radical (unpaired) electrons. The molecule has 0 spiro atoms. The summed E-state index contributed by atoms with van der Waals surface area (Å²) in [6.45, 7) is 2.18. The number of aliphatic hydroxyl groups is 1. The van der Waals surface area contributed by atoms with Crippen molar-refractivity contribution in [2.24, 2.45) is 5.73 Å². The van der Waals surface area contributed by atoms with Crippen molar-refractivity contribution in [3.8, 4) is 17.2 Å². The first kappa shape index (κ1) is 21.1. The van der Waals surface area contributed by atoms with Gasteiger partial charge in [-0.05, 0) is 66.4 Å². The number of aliphatic hydroxyl groups excluding tert-OH is 1. The molecule has 1 aliphatic rings. The van der Waals surface area contributed by atoms with Gasteiger partial charge in [-0.15, -0.1) is 0 Å². The molecule has 0 unspecified atom stereocenters. The van der Waals surface area contributed by atoms with Gasteiger partial charge in [0.25, 0.3) is 0 Å². The third-order valence-corrected chi connectivity index (χ3v) is 4.90. The predicted molar refractivity (Wildman–Crippen MR) is 116 cm³/mol. The monoisotopic (exact) mass is 397 g/mol. The molecule has 156 valence electrons. The van der Waals surface area contributed by atoms with Gasteiger partial charge in [0.05, 0.1) is 6.61 Å². The Morgan fingerprint density at radius 2 is 1.59 bits per heavy atom. The Balaban J connectivity index is 1.46. The van der Waals surface area contributed by atoms with Crippen LogP contribution < -0.4 is 19.9 Å². The van der Waals surface area contributed by atoms with Crippen LogP contribution >= 0.6 is 0 Å². The van der Waals surface area contributed by atoms with Crippen LogP contribution in [-0.4, -0.2) is 31.5 Å². The highest BCUT2D eigenvalue weighted by atomic mass is 16.6. The predicted octanol–water partition coefficient (Wildman–Crippen LogP) is 4.63. The van der Waals surface area contributed by atoms with Crippen LogP contribution in [-0.2, 0) is 0 Å². The Morgan fingerprint density at radius 1 is 0.897 bits per heavy atom. The van der Waals surface area contributed by atoms with Crippen molar-refractivity contribution in [1.29, 1.82) is 0 Å². The molecular formula is C24H31NO4. The van der Waals surface area contributed by atoms with Crippen LogP contribution in [0, 0.1) is 0 Å². The summed E-state index contributed by atoms with van der Waals surface area (Å²) in [4.78, 5) is 0. The summed E-state index contributed by atoms with van der Waals surface area (Å²) in [5.41, 5.74) is 8.90. The van der Waals surface area contributed by atoms with E-state index >= 15 is 0 Å². The third kappa shape index (κ3) is 6.71. The van der Waals surface area contributed by atoms with Crippen LogP contribution in [0.15, 0.2) is 42.5 Å². The minimum absolute atomic E-state index is 0.301. The number of unbranched alkanes of at least 4 members (excludes halogenated alkanes) is 5. The maximum Gasteiger partial charge on any atom is 0.161 e. The maximum absolute atomic E-state index is 8.76. The number of rotatable bonds is 11. The molecule has 0 aromatic heterocycles. The van der Waals surface area contributed by atoms with E-state index in [1.54, 1.807) is 0 Å². The Morgan fingerprint density at radius 3 is 2.34 bits per heavy atom. The van der Waals surface area contributed by atoms with Crippen molar-refractivity contribution in [3.05, 3.63) is 53.6 Å². The van der Waals surface area contributed by atoms with E-state index in [9.17, 15) is 0 Å². The first-order valence-electron chi connectivity index (χ1n) is 10.5. The molecule has 0 aliphatic carbocycles. The number of nitrogens with two attached hydrogens (primary N) is 1. The molecule has 0 saturated heterocycles. The lowest BCUT2D eigenvalue weighted by Crippen LogP contribution is -2.15. The summed E-state index contributed by atoms with van der Waals surface area (Å²) in [6.07, 6.45) is 8.55. The lowest BCUT2D eigenvalue weighted by atomic mass is 10.1. The Bertz CT molecular complexity index is 786. The molecule has 0 saturated carbocycles. The quantitative estimate of drug-likeness (QED) is 0.427. The standard InChI is InChI=1S/C24H31NO4/c25-22(17-19-7-12-23-24(18-19)29-16-15-28-23)20-8-10-21(11-9-20)27-14-6-4-2-1-3-5-13-26/h7-12,17-18,26H,1-6,13-16,25H2/b22-17-. The average molecular weight is 398 g/mol. The van der Waals surface area contributed by atoms with Crippen LogP contribution in [0.5, 0.6) is 17.2 Å². The molecule has 2 aromatic carbocycles. The van der Waals surface area contributed by atoms with E-state index in [0.717, 1.165) is 60.7 Å². The molecular weight excluding hydrogens is 366 g/mol.